The fourth-order valence-corrected chi connectivity index (χ4v) is 3.89. The van der Waals surface area contributed by atoms with E-state index in [1.54, 1.807) is 42.7 Å². The molecular weight excluding hydrogens is 384 g/mol. The average molecular weight is 402 g/mol. The van der Waals surface area contributed by atoms with Gasteiger partial charge in [-0.3, -0.25) is 9.59 Å². The van der Waals surface area contributed by atoms with Crippen molar-refractivity contribution >= 4 is 40.2 Å². The molecule has 1 amide bonds. The topological polar surface area (TPSA) is 77.5 Å². The number of nitrogens with zero attached hydrogens (tertiary/aromatic N) is 1. The maximum absolute atomic E-state index is 12.2. The second-order valence-corrected chi connectivity index (χ2v) is 7.45. The van der Waals surface area contributed by atoms with Gasteiger partial charge in [-0.05, 0) is 42.6 Å². The van der Waals surface area contributed by atoms with Crippen molar-refractivity contribution in [2.24, 2.45) is 0 Å². The number of carbonyl (C=O) groups excluding carboxylic acids is 2. The van der Waals surface area contributed by atoms with E-state index in [9.17, 15) is 9.59 Å². The minimum Gasteiger partial charge on any atom is -0.497 e. The van der Waals surface area contributed by atoms with Crippen LogP contribution < -0.4 is 10.1 Å². The van der Waals surface area contributed by atoms with Crippen molar-refractivity contribution in [2.45, 2.75) is 19.4 Å². The van der Waals surface area contributed by atoms with Crippen LogP contribution in [0.1, 0.15) is 12.6 Å². The normalized spacial score (nSPS) is 11.6. The SMILES string of the molecule is COc1ccc(NC(=O)[C@H](C)OC(=O)Cc2csc(-c3cccs3)n2)cc1. The van der Waals surface area contributed by atoms with Crippen LogP contribution in [0.2, 0.25) is 0 Å². The van der Waals surface area contributed by atoms with Gasteiger partial charge in [-0.1, -0.05) is 6.07 Å². The van der Waals surface area contributed by atoms with E-state index in [-0.39, 0.29) is 6.42 Å². The fraction of sp³-hybridized carbons (Fsp3) is 0.211. The molecule has 2 heterocycles. The lowest BCUT2D eigenvalue weighted by Gasteiger charge is -2.13. The first-order chi connectivity index (χ1) is 13.0. The number of ether oxygens (including phenoxy) is 2. The molecule has 1 atom stereocenters. The van der Waals surface area contributed by atoms with Crippen molar-refractivity contribution in [2.75, 3.05) is 12.4 Å². The molecule has 3 rings (SSSR count). The molecule has 0 spiro atoms. The van der Waals surface area contributed by atoms with Crippen molar-refractivity contribution in [1.29, 1.82) is 0 Å². The van der Waals surface area contributed by atoms with Crippen LogP contribution in [-0.2, 0) is 20.7 Å². The van der Waals surface area contributed by atoms with Crippen LogP contribution in [0.5, 0.6) is 5.75 Å². The van der Waals surface area contributed by atoms with E-state index in [2.05, 4.69) is 10.3 Å². The second-order valence-electron chi connectivity index (χ2n) is 5.65. The Kier molecular flexibility index (Phi) is 6.20. The van der Waals surface area contributed by atoms with Crippen LogP contribution in [-0.4, -0.2) is 30.1 Å². The van der Waals surface area contributed by atoms with Gasteiger partial charge in [0.15, 0.2) is 6.10 Å². The van der Waals surface area contributed by atoms with Gasteiger partial charge in [0, 0.05) is 11.1 Å². The number of methoxy groups -OCH3 is 1. The number of amides is 1. The van der Waals surface area contributed by atoms with Crippen LogP contribution in [0.4, 0.5) is 5.69 Å². The molecule has 0 fully saturated rings. The zero-order chi connectivity index (χ0) is 19.2. The summed E-state index contributed by atoms with van der Waals surface area (Å²) in [4.78, 5) is 29.8. The Labute approximate surface area is 164 Å². The Morgan fingerprint density at radius 1 is 1.19 bits per heavy atom. The van der Waals surface area contributed by atoms with Gasteiger partial charge >= 0.3 is 5.97 Å². The molecule has 2 aromatic heterocycles. The lowest BCUT2D eigenvalue weighted by atomic mass is 10.3. The highest BCUT2D eigenvalue weighted by atomic mass is 32.1. The third-order valence-corrected chi connectivity index (χ3v) is 5.57. The molecule has 0 bridgehead atoms. The summed E-state index contributed by atoms with van der Waals surface area (Å²) < 4.78 is 10.3. The number of hydrogen-bond donors (Lipinski definition) is 1. The van der Waals surface area contributed by atoms with Gasteiger partial charge in [0.1, 0.15) is 10.8 Å². The molecule has 0 aliphatic heterocycles. The molecule has 0 unspecified atom stereocenters. The quantitative estimate of drug-likeness (QED) is 0.605. The number of carbonyl (C=O) groups is 2. The molecule has 0 aliphatic carbocycles. The highest BCUT2D eigenvalue weighted by Crippen LogP contribution is 2.28. The minimum atomic E-state index is -0.907. The number of aromatic nitrogens is 1. The van der Waals surface area contributed by atoms with E-state index in [0.717, 1.165) is 9.88 Å². The zero-order valence-corrected chi connectivity index (χ0v) is 16.4. The largest absolute Gasteiger partial charge is 0.497 e. The molecule has 0 saturated carbocycles. The lowest BCUT2D eigenvalue weighted by Crippen LogP contribution is -2.30. The second kappa shape index (κ2) is 8.79. The first kappa shape index (κ1) is 19.1. The molecule has 1 aromatic carbocycles. The third-order valence-electron chi connectivity index (χ3n) is 3.64. The molecule has 8 heteroatoms. The van der Waals surface area contributed by atoms with Crippen molar-refractivity contribution in [3.8, 4) is 15.6 Å². The average Bonchev–Trinajstić information content (AvgIpc) is 3.33. The Bertz CT molecular complexity index is 904. The molecule has 1 N–H and O–H groups in total. The van der Waals surface area contributed by atoms with Gasteiger partial charge in [-0.15, -0.1) is 22.7 Å². The molecule has 0 radical (unpaired) electrons. The third kappa shape index (κ3) is 5.15. The van der Waals surface area contributed by atoms with Crippen molar-refractivity contribution in [3.05, 3.63) is 52.9 Å². The van der Waals surface area contributed by atoms with E-state index in [1.165, 1.54) is 18.3 Å². The maximum Gasteiger partial charge on any atom is 0.312 e. The van der Waals surface area contributed by atoms with Gasteiger partial charge in [0.25, 0.3) is 5.91 Å². The monoisotopic (exact) mass is 402 g/mol. The summed E-state index contributed by atoms with van der Waals surface area (Å²) in [7, 11) is 1.57. The summed E-state index contributed by atoms with van der Waals surface area (Å²) in [5.74, 6) is -0.195. The summed E-state index contributed by atoms with van der Waals surface area (Å²) in [6.07, 6.45) is -0.878. The number of anilines is 1. The summed E-state index contributed by atoms with van der Waals surface area (Å²) >= 11 is 3.08. The highest BCUT2D eigenvalue weighted by Gasteiger charge is 2.19. The first-order valence-corrected chi connectivity index (χ1v) is 9.94. The van der Waals surface area contributed by atoms with E-state index in [4.69, 9.17) is 9.47 Å². The van der Waals surface area contributed by atoms with E-state index in [1.807, 2.05) is 22.9 Å². The highest BCUT2D eigenvalue weighted by molar-refractivity contribution is 7.20. The van der Waals surface area contributed by atoms with E-state index in [0.29, 0.717) is 17.1 Å². The number of nitrogens with one attached hydrogen (secondary N) is 1. The lowest BCUT2D eigenvalue weighted by molar-refractivity contribution is -0.152. The maximum atomic E-state index is 12.2. The van der Waals surface area contributed by atoms with Crippen molar-refractivity contribution in [1.82, 2.24) is 4.98 Å². The first-order valence-electron chi connectivity index (χ1n) is 8.18. The Hall–Kier alpha value is -2.71. The van der Waals surface area contributed by atoms with E-state index < -0.39 is 18.0 Å². The van der Waals surface area contributed by atoms with Crippen molar-refractivity contribution < 1.29 is 19.1 Å². The van der Waals surface area contributed by atoms with Crippen LogP contribution in [0.3, 0.4) is 0 Å². The molecular formula is C19H18N2O4S2. The summed E-state index contributed by atoms with van der Waals surface area (Å²) in [5, 5.41) is 7.39. The molecule has 140 valence electrons. The summed E-state index contributed by atoms with van der Waals surface area (Å²) in [6, 6.07) is 10.8. The van der Waals surface area contributed by atoms with Gasteiger partial charge < -0.3 is 14.8 Å². The predicted octanol–water partition coefficient (Wildman–Crippen LogP) is 3.99. The molecule has 3 aromatic rings. The zero-order valence-electron chi connectivity index (χ0n) is 14.8. The number of hydrogen-bond acceptors (Lipinski definition) is 7. The number of thiazole rings is 1. The molecule has 6 nitrogen and oxygen atoms in total. The number of benzene rings is 1. The van der Waals surface area contributed by atoms with E-state index >= 15 is 0 Å². The van der Waals surface area contributed by atoms with Crippen molar-refractivity contribution in [3.63, 3.8) is 0 Å². The Morgan fingerprint density at radius 3 is 2.63 bits per heavy atom. The standard InChI is InChI=1S/C19H18N2O4S2/c1-12(18(23)20-13-5-7-15(24-2)8-6-13)25-17(22)10-14-11-27-19(21-14)16-4-3-9-26-16/h3-9,11-12H,10H2,1-2H3,(H,20,23)/t12-/m0/s1. The summed E-state index contributed by atoms with van der Waals surface area (Å²) in [5.41, 5.74) is 1.24. The molecule has 27 heavy (non-hydrogen) atoms. The Morgan fingerprint density at radius 2 is 1.96 bits per heavy atom. The van der Waals surface area contributed by atoms with Crippen LogP contribution in [0, 0.1) is 0 Å². The van der Waals surface area contributed by atoms with Gasteiger partial charge in [-0.25, -0.2) is 4.98 Å². The fourth-order valence-electron chi connectivity index (χ4n) is 2.26. The van der Waals surface area contributed by atoms with Gasteiger partial charge in [0.05, 0.1) is 24.1 Å². The number of thiophene rings is 1. The Balaban J connectivity index is 1.51. The predicted molar refractivity (Wildman–Crippen MR) is 106 cm³/mol. The molecule has 0 saturated heterocycles. The minimum absolute atomic E-state index is 0.0298. The summed E-state index contributed by atoms with van der Waals surface area (Å²) in [6.45, 7) is 1.54. The number of rotatable bonds is 7. The van der Waals surface area contributed by atoms with Gasteiger partial charge in [0.2, 0.25) is 0 Å². The van der Waals surface area contributed by atoms with Crippen LogP contribution >= 0.6 is 22.7 Å². The van der Waals surface area contributed by atoms with Gasteiger partial charge in [-0.2, -0.15) is 0 Å². The smallest absolute Gasteiger partial charge is 0.312 e. The van der Waals surface area contributed by atoms with Crippen LogP contribution in [0.15, 0.2) is 47.2 Å². The van der Waals surface area contributed by atoms with Crippen LogP contribution in [0.25, 0.3) is 9.88 Å². The number of esters is 1. The molecule has 0 aliphatic rings.